The lowest BCUT2D eigenvalue weighted by atomic mass is 10.2. The van der Waals surface area contributed by atoms with Gasteiger partial charge in [-0.15, -0.1) is 0 Å². The molecule has 5 heteroatoms. The van der Waals surface area contributed by atoms with E-state index in [-0.39, 0.29) is 5.91 Å². The summed E-state index contributed by atoms with van der Waals surface area (Å²) >= 11 is 0. The highest BCUT2D eigenvalue weighted by molar-refractivity contribution is 5.93. The first-order chi connectivity index (χ1) is 13.3. The van der Waals surface area contributed by atoms with Gasteiger partial charge in [0.1, 0.15) is 0 Å². The molecular formula is C22H24N4O. The van der Waals surface area contributed by atoms with Crippen LogP contribution in [0, 0.1) is 0 Å². The van der Waals surface area contributed by atoms with Crippen LogP contribution < -0.4 is 0 Å². The maximum Gasteiger partial charge on any atom is 0.257 e. The molecule has 1 saturated heterocycles. The number of piperazine rings is 1. The van der Waals surface area contributed by atoms with Crippen molar-refractivity contribution in [3.63, 3.8) is 0 Å². The molecule has 0 aliphatic carbocycles. The zero-order chi connectivity index (χ0) is 18.5. The van der Waals surface area contributed by atoms with Crippen LogP contribution in [0.2, 0.25) is 0 Å². The SMILES string of the molecule is O=C(c1cnn(Cc2ccccc2)c1)N1CCN(Cc2ccccc2)CC1. The molecule has 1 aliphatic heterocycles. The monoisotopic (exact) mass is 360 g/mol. The van der Waals surface area contributed by atoms with E-state index in [1.165, 1.54) is 11.1 Å². The predicted molar refractivity (Wildman–Crippen MR) is 105 cm³/mol. The van der Waals surface area contributed by atoms with Crippen molar-refractivity contribution in [2.75, 3.05) is 26.2 Å². The minimum Gasteiger partial charge on any atom is -0.336 e. The van der Waals surface area contributed by atoms with Gasteiger partial charge in [0.25, 0.3) is 5.91 Å². The molecule has 1 aromatic heterocycles. The summed E-state index contributed by atoms with van der Waals surface area (Å²) in [4.78, 5) is 17.1. The van der Waals surface area contributed by atoms with Crippen molar-refractivity contribution in [3.05, 3.63) is 89.7 Å². The molecule has 138 valence electrons. The van der Waals surface area contributed by atoms with Gasteiger partial charge in [-0.2, -0.15) is 5.10 Å². The summed E-state index contributed by atoms with van der Waals surface area (Å²) in [5, 5.41) is 4.36. The van der Waals surface area contributed by atoms with Gasteiger partial charge in [0.05, 0.1) is 18.3 Å². The molecule has 1 fully saturated rings. The molecule has 0 spiro atoms. The van der Waals surface area contributed by atoms with Gasteiger partial charge in [-0.25, -0.2) is 0 Å². The Kier molecular flexibility index (Phi) is 5.30. The Morgan fingerprint density at radius 3 is 2.04 bits per heavy atom. The quantitative estimate of drug-likeness (QED) is 0.703. The number of hydrogen-bond acceptors (Lipinski definition) is 3. The second-order valence-corrected chi connectivity index (χ2v) is 6.97. The fourth-order valence-corrected chi connectivity index (χ4v) is 3.46. The summed E-state index contributed by atoms with van der Waals surface area (Å²) in [6.45, 7) is 4.94. The average Bonchev–Trinajstić information content (AvgIpc) is 3.18. The molecule has 0 N–H and O–H groups in total. The zero-order valence-electron chi connectivity index (χ0n) is 15.4. The Balaban J connectivity index is 1.32. The number of carbonyl (C=O) groups excluding carboxylic acids is 1. The number of hydrogen-bond donors (Lipinski definition) is 0. The van der Waals surface area contributed by atoms with Crippen molar-refractivity contribution in [1.82, 2.24) is 19.6 Å². The standard InChI is InChI=1S/C22H24N4O/c27-22(21-15-23-26(18-21)17-20-9-5-2-6-10-20)25-13-11-24(12-14-25)16-19-7-3-1-4-8-19/h1-10,15,18H,11-14,16-17H2. The summed E-state index contributed by atoms with van der Waals surface area (Å²) in [6.07, 6.45) is 3.54. The first-order valence-electron chi connectivity index (χ1n) is 9.40. The van der Waals surface area contributed by atoms with Gasteiger partial charge in [-0.05, 0) is 11.1 Å². The Hall–Kier alpha value is -2.92. The molecule has 4 rings (SSSR count). The summed E-state index contributed by atoms with van der Waals surface area (Å²) in [5.41, 5.74) is 3.16. The van der Waals surface area contributed by atoms with E-state index in [1.54, 1.807) is 6.20 Å². The molecule has 1 aliphatic rings. The fourth-order valence-electron chi connectivity index (χ4n) is 3.46. The van der Waals surface area contributed by atoms with Gasteiger partial charge in [0, 0.05) is 38.9 Å². The number of carbonyl (C=O) groups is 1. The van der Waals surface area contributed by atoms with E-state index >= 15 is 0 Å². The Bertz CT molecular complexity index is 868. The van der Waals surface area contributed by atoms with E-state index in [1.807, 2.05) is 40.0 Å². The molecular weight excluding hydrogens is 336 g/mol. The molecule has 0 radical (unpaired) electrons. The van der Waals surface area contributed by atoms with Crippen LogP contribution in [0.15, 0.2) is 73.1 Å². The Morgan fingerprint density at radius 1 is 0.815 bits per heavy atom. The first-order valence-corrected chi connectivity index (χ1v) is 9.40. The number of nitrogens with zero attached hydrogens (tertiary/aromatic N) is 4. The zero-order valence-corrected chi connectivity index (χ0v) is 15.4. The second kappa shape index (κ2) is 8.18. The summed E-state index contributed by atoms with van der Waals surface area (Å²) in [6, 6.07) is 20.6. The molecule has 1 amide bonds. The summed E-state index contributed by atoms with van der Waals surface area (Å²) in [5.74, 6) is 0.0775. The molecule has 27 heavy (non-hydrogen) atoms. The topological polar surface area (TPSA) is 41.4 Å². The van der Waals surface area contributed by atoms with Crippen molar-refractivity contribution in [2.45, 2.75) is 13.1 Å². The van der Waals surface area contributed by atoms with Crippen molar-refractivity contribution in [2.24, 2.45) is 0 Å². The summed E-state index contributed by atoms with van der Waals surface area (Å²) in [7, 11) is 0. The molecule has 0 saturated carbocycles. The molecule has 3 aromatic rings. The fraction of sp³-hybridized carbons (Fsp3) is 0.273. The lowest BCUT2D eigenvalue weighted by Gasteiger charge is -2.34. The van der Waals surface area contributed by atoms with Gasteiger partial charge in [-0.1, -0.05) is 60.7 Å². The van der Waals surface area contributed by atoms with E-state index in [9.17, 15) is 4.79 Å². The van der Waals surface area contributed by atoms with Crippen LogP contribution in [0.5, 0.6) is 0 Å². The lowest BCUT2D eigenvalue weighted by molar-refractivity contribution is 0.0628. The Morgan fingerprint density at radius 2 is 1.41 bits per heavy atom. The largest absolute Gasteiger partial charge is 0.336 e. The van der Waals surface area contributed by atoms with Gasteiger partial charge < -0.3 is 4.90 Å². The van der Waals surface area contributed by atoms with Crippen LogP contribution in [0.3, 0.4) is 0 Å². The van der Waals surface area contributed by atoms with Crippen LogP contribution in [-0.4, -0.2) is 51.7 Å². The maximum atomic E-state index is 12.8. The lowest BCUT2D eigenvalue weighted by Crippen LogP contribution is -2.48. The van der Waals surface area contributed by atoms with E-state index in [0.717, 1.165) is 32.7 Å². The highest BCUT2D eigenvalue weighted by atomic mass is 16.2. The first kappa shape index (κ1) is 17.5. The van der Waals surface area contributed by atoms with Crippen molar-refractivity contribution in [1.29, 1.82) is 0 Å². The van der Waals surface area contributed by atoms with E-state index in [4.69, 9.17) is 0 Å². The van der Waals surface area contributed by atoms with Crippen molar-refractivity contribution >= 4 is 5.91 Å². The van der Waals surface area contributed by atoms with Crippen LogP contribution >= 0.6 is 0 Å². The highest BCUT2D eigenvalue weighted by Gasteiger charge is 2.23. The smallest absolute Gasteiger partial charge is 0.257 e. The number of amides is 1. The highest BCUT2D eigenvalue weighted by Crippen LogP contribution is 2.12. The third-order valence-corrected chi connectivity index (χ3v) is 4.98. The normalized spacial score (nSPS) is 15.0. The maximum absolute atomic E-state index is 12.8. The Labute approximate surface area is 159 Å². The van der Waals surface area contributed by atoms with E-state index in [2.05, 4.69) is 46.4 Å². The van der Waals surface area contributed by atoms with Crippen LogP contribution in [0.1, 0.15) is 21.5 Å². The number of rotatable bonds is 5. The third-order valence-electron chi connectivity index (χ3n) is 4.98. The van der Waals surface area contributed by atoms with Crippen LogP contribution in [0.4, 0.5) is 0 Å². The van der Waals surface area contributed by atoms with Gasteiger partial charge in [0.15, 0.2) is 0 Å². The van der Waals surface area contributed by atoms with Gasteiger partial charge >= 0.3 is 0 Å². The van der Waals surface area contributed by atoms with Crippen molar-refractivity contribution < 1.29 is 4.79 Å². The molecule has 2 aromatic carbocycles. The second-order valence-electron chi connectivity index (χ2n) is 6.97. The van der Waals surface area contributed by atoms with Gasteiger partial charge in [0.2, 0.25) is 0 Å². The van der Waals surface area contributed by atoms with E-state index in [0.29, 0.717) is 12.1 Å². The predicted octanol–water partition coefficient (Wildman–Crippen LogP) is 2.89. The molecule has 0 unspecified atom stereocenters. The average molecular weight is 360 g/mol. The van der Waals surface area contributed by atoms with E-state index < -0.39 is 0 Å². The number of benzene rings is 2. The van der Waals surface area contributed by atoms with Crippen LogP contribution in [-0.2, 0) is 13.1 Å². The van der Waals surface area contributed by atoms with Crippen LogP contribution in [0.25, 0.3) is 0 Å². The summed E-state index contributed by atoms with van der Waals surface area (Å²) < 4.78 is 1.83. The molecule has 2 heterocycles. The third kappa shape index (κ3) is 4.44. The minimum atomic E-state index is 0.0775. The molecule has 5 nitrogen and oxygen atoms in total. The minimum absolute atomic E-state index is 0.0775. The molecule has 0 atom stereocenters. The molecule has 0 bridgehead atoms. The van der Waals surface area contributed by atoms with Crippen molar-refractivity contribution in [3.8, 4) is 0 Å². The number of aromatic nitrogens is 2. The van der Waals surface area contributed by atoms with Gasteiger partial charge in [-0.3, -0.25) is 14.4 Å².